The van der Waals surface area contributed by atoms with Gasteiger partial charge in [0.2, 0.25) is 0 Å². The molecular weight excluding hydrogens is 250 g/mol. The molecule has 18 heavy (non-hydrogen) atoms. The Hall–Kier alpha value is -2.20. The molecule has 3 rings (SSSR count). The van der Waals surface area contributed by atoms with Gasteiger partial charge in [-0.15, -0.1) is 0 Å². The molecule has 1 heterocycles. The summed E-state index contributed by atoms with van der Waals surface area (Å²) in [6.07, 6.45) is 0. The predicted molar refractivity (Wildman–Crippen MR) is 73.3 cm³/mol. The molecule has 1 aromatic heterocycles. The second-order valence-corrected chi connectivity index (χ2v) is 4.39. The van der Waals surface area contributed by atoms with E-state index >= 15 is 0 Å². The highest BCUT2D eigenvalue weighted by Crippen LogP contribution is 2.34. The van der Waals surface area contributed by atoms with Crippen LogP contribution in [0.5, 0.6) is 0 Å². The lowest BCUT2D eigenvalue weighted by Gasteiger charge is -2.05. The number of hydrogen-bond acceptors (Lipinski definition) is 4. The number of nitrogen functional groups attached to an aromatic ring is 2. The Morgan fingerprint density at radius 3 is 2.72 bits per heavy atom. The van der Waals surface area contributed by atoms with E-state index in [-0.39, 0.29) is 0 Å². The molecule has 90 valence electrons. The van der Waals surface area contributed by atoms with Crippen molar-refractivity contribution in [2.45, 2.75) is 0 Å². The molecule has 0 atom stereocenters. The molecule has 0 spiro atoms. The molecule has 0 saturated carbocycles. The van der Waals surface area contributed by atoms with Gasteiger partial charge in [0.05, 0.1) is 16.1 Å². The average Bonchev–Trinajstić information content (AvgIpc) is 2.75. The van der Waals surface area contributed by atoms with Crippen molar-refractivity contribution in [1.82, 2.24) is 5.16 Å². The second kappa shape index (κ2) is 3.92. The topological polar surface area (TPSA) is 78.1 Å². The van der Waals surface area contributed by atoms with Crippen molar-refractivity contribution in [3.63, 3.8) is 0 Å². The standard InChI is InChI=1S/C13H10ClN3O/c14-9-6-7(4-5-10(9)15)8-2-1-3-11-12(8)13(16)17-18-11/h1-6H,15H2,(H2,16,17). The molecule has 3 aromatic rings. The van der Waals surface area contributed by atoms with Crippen molar-refractivity contribution in [2.24, 2.45) is 0 Å². The van der Waals surface area contributed by atoms with Crippen LogP contribution in [0.4, 0.5) is 11.5 Å². The minimum absolute atomic E-state index is 0.369. The van der Waals surface area contributed by atoms with Crippen molar-refractivity contribution in [3.8, 4) is 11.1 Å². The van der Waals surface area contributed by atoms with Crippen LogP contribution in [-0.2, 0) is 0 Å². The lowest BCUT2D eigenvalue weighted by Crippen LogP contribution is -1.89. The van der Waals surface area contributed by atoms with Crippen LogP contribution < -0.4 is 11.5 Å². The van der Waals surface area contributed by atoms with Crippen LogP contribution in [0, 0.1) is 0 Å². The first-order chi connectivity index (χ1) is 8.66. The molecule has 0 amide bonds. The van der Waals surface area contributed by atoms with E-state index in [1.165, 1.54) is 0 Å². The fourth-order valence-electron chi connectivity index (χ4n) is 1.95. The number of rotatable bonds is 1. The Morgan fingerprint density at radius 1 is 1.11 bits per heavy atom. The first-order valence-corrected chi connectivity index (χ1v) is 5.74. The molecule has 0 unspecified atom stereocenters. The first kappa shape index (κ1) is 10.9. The summed E-state index contributed by atoms with van der Waals surface area (Å²) >= 11 is 6.03. The summed E-state index contributed by atoms with van der Waals surface area (Å²) in [5.74, 6) is 0.369. The van der Waals surface area contributed by atoms with E-state index in [0.29, 0.717) is 22.1 Å². The minimum atomic E-state index is 0.369. The van der Waals surface area contributed by atoms with Crippen molar-refractivity contribution < 1.29 is 4.52 Å². The first-order valence-electron chi connectivity index (χ1n) is 5.36. The van der Waals surface area contributed by atoms with Gasteiger partial charge in [-0.05, 0) is 29.3 Å². The summed E-state index contributed by atoms with van der Waals surface area (Å²) < 4.78 is 5.13. The lowest BCUT2D eigenvalue weighted by molar-refractivity contribution is 0.460. The van der Waals surface area contributed by atoms with E-state index in [1.807, 2.05) is 24.3 Å². The number of aromatic nitrogens is 1. The van der Waals surface area contributed by atoms with Crippen LogP contribution in [0.15, 0.2) is 40.9 Å². The van der Waals surface area contributed by atoms with Gasteiger partial charge in [0, 0.05) is 0 Å². The van der Waals surface area contributed by atoms with Crippen LogP contribution in [0.25, 0.3) is 22.1 Å². The van der Waals surface area contributed by atoms with Crippen molar-refractivity contribution in [2.75, 3.05) is 11.5 Å². The Balaban J connectivity index is 2.30. The van der Waals surface area contributed by atoms with Gasteiger partial charge >= 0.3 is 0 Å². The van der Waals surface area contributed by atoms with Crippen LogP contribution in [0.1, 0.15) is 0 Å². The number of hydrogen-bond donors (Lipinski definition) is 2. The lowest BCUT2D eigenvalue weighted by atomic mass is 10.0. The van der Waals surface area contributed by atoms with E-state index in [1.54, 1.807) is 12.1 Å². The Bertz CT molecular complexity index is 736. The number of fused-ring (bicyclic) bond motifs is 1. The van der Waals surface area contributed by atoms with Gasteiger partial charge in [0.25, 0.3) is 0 Å². The van der Waals surface area contributed by atoms with Crippen molar-refractivity contribution >= 4 is 34.1 Å². The van der Waals surface area contributed by atoms with Crippen LogP contribution >= 0.6 is 11.6 Å². The highest BCUT2D eigenvalue weighted by molar-refractivity contribution is 6.33. The summed E-state index contributed by atoms with van der Waals surface area (Å²) in [6.45, 7) is 0. The van der Waals surface area contributed by atoms with E-state index in [4.69, 9.17) is 27.6 Å². The maximum absolute atomic E-state index is 6.03. The zero-order valence-electron chi connectivity index (χ0n) is 9.35. The molecule has 4 N–H and O–H groups in total. The summed E-state index contributed by atoms with van der Waals surface area (Å²) in [6, 6.07) is 11.1. The van der Waals surface area contributed by atoms with Crippen LogP contribution in [0.2, 0.25) is 5.02 Å². The van der Waals surface area contributed by atoms with Crippen molar-refractivity contribution in [1.29, 1.82) is 0 Å². The van der Waals surface area contributed by atoms with Gasteiger partial charge in [-0.3, -0.25) is 0 Å². The molecular formula is C13H10ClN3O. The van der Waals surface area contributed by atoms with Gasteiger partial charge in [0.15, 0.2) is 11.4 Å². The number of nitrogens with two attached hydrogens (primary N) is 2. The summed E-state index contributed by atoms with van der Waals surface area (Å²) in [4.78, 5) is 0. The van der Waals surface area contributed by atoms with Gasteiger partial charge in [-0.2, -0.15) is 0 Å². The van der Waals surface area contributed by atoms with E-state index in [2.05, 4.69) is 5.16 Å². The highest BCUT2D eigenvalue weighted by Gasteiger charge is 2.12. The maximum Gasteiger partial charge on any atom is 0.175 e. The molecule has 0 aliphatic carbocycles. The monoisotopic (exact) mass is 259 g/mol. The molecule has 0 fully saturated rings. The van der Waals surface area contributed by atoms with Crippen LogP contribution in [-0.4, -0.2) is 5.16 Å². The van der Waals surface area contributed by atoms with Crippen molar-refractivity contribution in [3.05, 3.63) is 41.4 Å². The number of nitrogens with zero attached hydrogens (tertiary/aromatic N) is 1. The Kier molecular flexibility index (Phi) is 2.38. The number of anilines is 2. The van der Waals surface area contributed by atoms with Gasteiger partial charge in [-0.1, -0.05) is 35.0 Å². The molecule has 0 saturated heterocycles. The smallest absolute Gasteiger partial charge is 0.175 e. The third-order valence-electron chi connectivity index (χ3n) is 2.84. The predicted octanol–water partition coefficient (Wildman–Crippen LogP) is 3.31. The molecule has 4 nitrogen and oxygen atoms in total. The highest BCUT2D eigenvalue weighted by atomic mass is 35.5. The SMILES string of the molecule is Nc1ccc(-c2cccc3onc(N)c23)cc1Cl. The van der Waals surface area contributed by atoms with Gasteiger partial charge < -0.3 is 16.0 Å². The minimum Gasteiger partial charge on any atom is -0.398 e. The Labute approximate surface area is 108 Å². The molecule has 5 heteroatoms. The third-order valence-corrected chi connectivity index (χ3v) is 3.16. The number of halogens is 1. The molecule has 0 aliphatic heterocycles. The maximum atomic E-state index is 6.03. The quantitative estimate of drug-likeness (QED) is 0.657. The van der Waals surface area contributed by atoms with Crippen LogP contribution in [0.3, 0.4) is 0 Å². The molecule has 0 aliphatic rings. The van der Waals surface area contributed by atoms with E-state index in [9.17, 15) is 0 Å². The zero-order valence-corrected chi connectivity index (χ0v) is 10.1. The third kappa shape index (κ3) is 1.58. The van der Waals surface area contributed by atoms with E-state index < -0.39 is 0 Å². The van der Waals surface area contributed by atoms with Gasteiger partial charge in [-0.25, -0.2) is 0 Å². The summed E-state index contributed by atoms with van der Waals surface area (Å²) in [5.41, 5.74) is 14.6. The summed E-state index contributed by atoms with van der Waals surface area (Å²) in [5, 5.41) is 5.07. The fraction of sp³-hybridized carbons (Fsp3) is 0. The zero-order chi connectivity index (χ0) is 12.7. The number of benzene rings is 2. The van der Waals surface area contributed by atoms with E-state index in [0.717, 1.165) is 16.5 Å². The molecule has 2 aromatic carbocycles. The largest absolute Gasteiger partial charge is 0.398 e. The fourth-order valence-corrected chi connectivity index (χ4v) is 2.13. The normalized spacial score (nSPS) is 10.9. The molecule has 0 bridgehead atoms. The average molecular weight is 260 g/mol. The summed E-state index contributed by atoms with van der Waals surface area (Å²) in [7, 11) is 0. The second-order valence-electron chi connectivity index (χ2n) is 3.98. The Morgan fingerprint density at radius 2 is 1.94 bits per heavy atom. The molecule has 0 radical (unpaired) electrons. The van der Waals surface area contributed by atoms with Gasteiger partial charge in [0.1, 0.15) is 0 Å².